The highest BCUT2D eigenvalue weighted by Gasteiger charge is 2.00. The molecule has 0 atom stereocenters. The zero-order valence-corrected chi connectivity index (χ0v) is 7.07. The van der Waals surface area contributed by atoms with E-state index in [1.54, 1.807) is 6.20 Å². The lowest BCUT2D eigenvalue weighted by Gasteiger charge is -1.98. The normalized spacial score (nSPS) is 10.2. The third-order valence-corrected chi connectivity index (χ3v) is 1.78. The van der Waals surface area contributed by atoms with Gasteiger partial charge in [0.05, 0.1) is 12.2 Å². The molecule has 0 unspecified atom stereocenters. The fraction of sp³-hybridized carbons (Fsp3) is 0.111. The summed E-state index contributed by atoms with van der Waals surface area (Å²) in [6.07, 6.45) is 5.47. The molecule has 4 heteroatoms. The maximum atomic E-state index is 5.44. The van der Waals surface area contributed by atoms with Crippen LogP contribution < -0.4 is 5.73 Å². The van der Waals surface area contributed by atoms with E-state index in [0.29, 0.717) is 12.4 Å². The van der Waals surface area contributed by atoms with Crippen LogP contribution in [0.4, 0.5) is 0 Å². The molecule has 0 aliphatic carbocycles. The average molecular weight is 174 g/mol. The Labute approximate surface area is 75.8 Å². The summed E-state index contributed by atoms with van der Waals surface area (Å²) in [6.45, 7) is 0.373. The van der Waals surface area contributed by atoms with Crippen molar-refractivity contribution in [2.75, 3.05) is 0 Å². The van der Waals surface area contributed by atoms with Crippen molar-refractivity contribution in [1.29, 1.82) is 0 Å². The third kappa shape index (κ3) is 1.57. The smallest absolute Gasteiger partial charge is 0.142 e. The molecule has 66 valence electrons. The summed E-state index contributed by atoms with van der Waals surface area (Å²) >= 11 is 0. The molecule has 0 bridgehead atoms. The van der Waals surface area contributed by atoms with E-state index in [0.717, 1.165) is 11.3 Å². The molecule has 2 aromatic rings. The monoisotopic (exact) mass is 174 g/mol. The first kappa shape index (κ1) is 7.94. The van der Waals surface area contributed by atoms with Gasteiger partial charge < -0.3 is 10.7 Å². The minimum absolute atomic E-state index is 0.373. The van der Waals surface area contributed by atoms with Crippen molar-refractivity contribution in [2.24, 2.45) is 5.73 Å². The number of aromatic nitrogens is 3. The number of aromatic amines is 1. The second-order valence-corrected chi connectivity index (χ2v) is 2.66. The molecular formula is C9H10N4. The van der Waals surface area contributed by atoms with E-state index in [-0.39, 0.29) is 0 Å². The highest BCUT2D eigenvalue weighted by atomic mass is 14.9. The fourth-order valence-electron chi connectivity index (χ4n) is 1.14. The number of nitrogens with two attached hydrogens (primary N) is 1. The lowest BCUT2D eigenvalue weighted by atomic mass is 10.2. The highest BCUT2D eigenvalue weighted by molar-refractivity contribution is 5.57. The maximum Gasteiger partial charge on any atom is 0.142 e. The van der Waals surface area contributed by atoms with Crippen molar-refractivity contribution in [3.8, 4) is 11.3 Å². The summed E-state index contributed by atoms with van der Waals surface area (Å²) in [6, 6.07) is 3.82. The van der Waals surface area contributed by atoms with Crippen molar-refractivity contribution in [1.82, 2.24) is 15.0 Å². The molecule has 2 aromatic heterocycles. The third-order valence-electron chi connectivity index (χ3n) is 1.78. The topological polar surface area (TPSA) is 67.6 Å². The van der Waals surface area contributed by atoms with Gasteiger partial charge in [-0.05, 0) is 12.1 Å². The van der Waals surface area contributed by atoms with Crippen LogP contribution in [-0.4, -0.2) is 15.0 Å². The highest BCUT2D eigenvalue weighted by Crippen LogP contribution is 2.14. The van der Waals surface area contributed by atoms with Crippen LogP contribution in [-0.2, 0) is 6.54 Å². The van der Waals surface area contributed by atoms with Crippen molar-refractivity contribution in [3.63, 3.8) is 0 Å². The molecule has 2 heterocycles. The number of nitrogens with one attached hydrogen (secondary N) is 1. The predicted molar refractivity (Wildman–Crippen MR) is 49.7 cm³/mol. The molecule has 3 N–H and O–H groups in total. The van der Waals surface area contributed by atoms with Gasteiger partial charge in [0.2, 0.25) is 0 Å². The van der Waals surface area contributed by atoms with E-state index in [9.17, 15) is 0 Å². The van der Waals surface area contributed by atoms with E-state index in [2.05, 4.69) is 15.0 Å². The van der Waals surface area contributed by atoms with Crippen molar-refractivity contribution in [3.05, 3.63) is 36.5 Å². The molecule has 0 spiro atoms. The molecule has 13 heavy (non-hydrogen) atoms. The van der Waals surface area contributed by atoms with Crippen LogP contribution in [0.5, 0.6) is 0 Å². The molecule has 0 saturated carbocycles. The summed E-state index contributed by atoms with van der Waals surface area (Å²) in [4.78, 5) is 11.3. The maximum absolute atomic E-state index is 5.44. The largest absolute Gasteiger partial charge is 0.367 e. The van der Waals surface area contributed by atoms with Crippen LogP contribution in [0.3, 0.4) is 0 Å². The quantitative estimate of drug-likeness (QED) is 0.711. The van der Waals surface area contributed by atoms with Crippen molar-refractivity contribution >= 4 is 0 Å². The molecule has 2 rings (SSSR count). The van der Waals surface area contributed by atoms with E-state index in [1.165, 1.54) is 0 Å². The van der Waals surface area contributed by atoms with Gasteiger partial charge in [0.15, 0.2) is 0 Å². The Balaban J connectivity index is 2.41. The number of H-pyrrole nitrogens is 1. The Bertz CT molecular complexity index is 380. The average Bonchev–Trinajstić information content (AvgIpc) is 2.71. The first-order valence-corrected chi connectivity index (χ1v) is 4.05. The molecule has 0 aliphatic rings. The minimum atomic E-state index is 0.373. The Morgan fingerprint density at radius 3 is 3.00 bits per heavy atom. The van der Waals surface area contributed by atoms with Gasteiger partial charge in [-0.25, -0.2) is 9.97 Å². The predicted octanol–water partition coefficient (Wildman–Crippen LogP) is 0.930. The van der Waals surface area contributed by atoms with Crippen LogP contribution in [0.1, 0.15) is 5.82 Å². The second kappa shape index (κ2) is 3.37. The number of nitrogens with zero attached hydrogens (tertiary/aromatic N) is 2. The number of hydrogen-bond donors (Lipinski definition) is 2. The van der Waals surface area contributed by atoms with Crippen molar-refractivity contribution in [2.45, 2.75) is 6.54 Å². The Kier molecular flexibility index (Phi) is 2.06. The standard InChI is InChI=1S/C9H10N4/c10-5-9-12-4-2-8(13-9)7-1-3-11-6-7/h1-4,6,11H,5,10H2. The van der Waals surface area contributed by atoms with E-state index >= 15 is 0 Å². The summed E-state index contributed by atoms with van der Waals surface area (Å²) in [5.41, 5.74) is 7.39. The van der Waals surface area contributed by atoms with E-state index in [4.69, 9.17) is 5.73 Å². The van der Waals surface area contributed by atoms with Crippen LogP contribution in [0.25, 0.3) is 11.3 Å². The van der Waals surface area contributed by atoms with Crippen LogP contribution in [0.2, 0.25) is 0 Å². The number of rotatable bonds is 2. The Morgan fingerprint density at radius 1 is 1.38 bits per heavy atom. The van der Waals surface area contributed by atoms with Crippen LogP contribution >= 0.6 is 0 Å². The van der Waals surface area contributed by atoms with Gasteiger partial charge in [-0.15, -0.1) is 0 Å². The van der Waals surface area contributed by atoms with Gasteiger partial charge in [0.1, 0.15) is 5.82 Å². The molecule has 0 aromatic carbocycles. The van der Waals surface area contributed by atoms with Crippen LogP contribution in [0, 0.1) is 0 Å². The zero-order valence-electron chi connectivity index (χ0n) is 7.07. The molecule has 0 radical (unpaired) electrons. The minimum Gasteiger partial charge on any atom is -0.367 e. The molecular weight excluding hydrogens is 164 g/mol. The van der Waals surface area contributed by atoms with Crippen LogP contribution in [0.15, 0.2) is 30.7 Å². The molecule has 4 nitrogen and oxygen atoms in total. The van der Waals surface area contributed by atoms with Gasteiger partial charge in [-0.2, -0.15) is 0 Å². The first-order valence-electron chi connectivity index (χ1n) is 4.05. The second-order valence-electron chi connectivity index (χ2n) is 2.66. The number of hydrogen-bond acceptors (Lipinski definition) is 3. The summed E-state index contributed by atoms with van der Waals surface area (Å²) in [5, 5.41) is 0. The van der Waals surface area contributed by atoms with Gasteiger partial charge in [0, 0.05) is 24.2 Å². The molecule has 0 aliphatic heterocycles. The molecule has 0 amide bonds. The zero-order chi connectivity index (χ0) is 9.10. The summed E-state index contributed by atoms with van der Waals surface area (Å²) in [7, 11) is 0. The Morgan fingerprint density at radius 2 is 2.31 bits per heavy atom. The summed E-state index contributed by atoms with van der Waals surface area (Å²) < 4.78 is 0. The molecule has 0 saturated heterocycles. The van der Waals surface area contributed by atoms with Gasteiger partial charge in [0.25, 0.3) is 0 Å². The Hall–Kier alpha value is -1.68. The van der Waals surface area contributed by atoms with Gasteiger partial charge in [-0.1, -0.05) is 0 Å². The van der Waals surface area contributed by atoms with E-state index < -0.39 is 0 Å². The SMILES string of the molecule is NCc1nccc(-c2cc[nH]c2)n1. The van der Waals surface area contributed by atoms with Crippen molar-refractivity contribution < 1.29 is 0 Å². The fourth-order valence-corrected chi connectivity index (χ4v) is 1.14. The lowest BCUT2D eigenvalue weighted by molar-refractivity contribution is 0.912. The van der Waals surface area contributed by atoms with E-state index in [1.807, 2.05) is 24.5 Å². The lowest BCUT2D eigenvalue weighted by Crippen LogP contribution is -2.02. The van der Waals surface area contributed by atoms with Gasteiger partial charge in [-0.3, -0.25) is 0 Å². The molecule has 0 fully saturated rings. The van der Waals surface area contributed by atoms with Gasteiger partial charge >= 0.3 is 0 Å². The summed E-state index contributed by atoms with van der Waals surface area (Å²) in [5.74, 6) is 0.665. The first-order chi connectivity index (χ1) is 6.40.